The highest BCUT2D eigenvalue weighted by atomic mass is 16.6. The number of benzene rings is 1. The average molecular weight is 389 g/mol. The van der Waals surface area contributed by atoms with Crippen LogP contribution in [0.4, 0.5) is 0 Å². The monoisotopic (exact) mass is 389 g/mol. The van der Waals surface area contributed by atoms with Crippen molar-refractivity contribution >= 4 is 23.8 Å². The predicted molar refractivity (Wildman–Crippen MR) is 98.1 cm³/mol. The summed E-state index contributed by atoms with van der Waals surface area (Å²) < 4.78 is 15.3. The number of ether oxygens (including phenoxy) is 3. The molecule has 0 fully saturated rings. The predicted octanol–water partition coefficient (Wildman–Crippen LogP) is 1.54. The molecule has 8 nitrogen and oxygen atoms in total. The maximum atomic E-state index is 12.6. The second-order valence-corrected chi connectivity index (χ2v) is 6.36. The van der Waals surface area contributed by atoms with Crippen molar-refractivity contribution in [3.05, 3.63) is 48.0 Å². The molecule has 3 atom stereocenters. The maximum Gasteiger partial charge on any atom is 0.338 e. The second kappa shape index (κ2) is 9.16. The van der Waals surface area contributed by atoms with E-state index in [1.54, 1.807) is 36.4 Å². The molecule has 0 aromatic heterocycles. The third-order valence-corrected chi connectivity index (χ3v) is 4.35. The minimum absolute atomic E-state index is 0.154. The van der Waals surface area contributed by atoms with E-state index in [9.17, 15) is 19.2 Å². The first-order chi connectivity index (χ1) is 13.3. The van der Waals surface area contributed by atoms with E-state index in [0.717, 1.165) is 0 Å². The molecule has 0 radical (unpaired) electrons. The van der Waals surface area contributed by atoms with Gasteiger partial charge < -0.3 is 19.5 Å². The van der Waals surface area contributed by atoms with Gasteiger partial charge in [0.05, 0.1) is 12.7 Å². The molecule has 0 saturated carbocycles. The normalized spacial score (nSPS) is 21.9. The van der Waals surface area contributed by atoms with E-state index in [4.69, 9.17) is 14.2 Å². The molecule has 1 aliphatic carbocycles. The van der Waals surface area contributed by atoms with Crippen LogP contribution < -0.4 is 5.32 Å². The van der Waals surface area contributed by atoms with Crippen LogP contribution in [0.25, 0.3) is 0 Å². The number of esters is 3. The molecule has 0 saturated heterocycles. The molecule has 1 N–H and O–H groups in total. The summed E-state index contributed by atoms with van der Waals surface area (Å²) in [4.78, 5) is 48.7. The first-order valence-corrected chi connectivity index (χ1v) is 8.80. The van der Waals surface area contributed by atoms with Crippen molar-refractivity contribution in [2.45, 2.75) is 44.4 Å². The molecule has 0 aliphatic heterocycles. The number of hydrogen-bond acceptors (Lipinski definition) is 7. The van der Waals surface area contributed by atoms with Crippen LogP contribution in [-0.2, 0) is 28.6 Å². The Balaban J connectivity index is 2.29. The van der Waals surface area contributed by atoms with Crippen molar-refractivity contribution in [2.75, 3.05) is 7.11 Å². The highest BCUT2D eigenvalue weighted by Gasteiger charge is 2.51. The van der Waals surface area contributed by atoms with Gasteiger partial charge >= 0.3 is 17.9 Å². The lowest BCUT2D eigenvalue weighted by Crippen LogP contribution is -2.65. The second-order valence-electron chi connectivity index (χ2n) is 6.36. The fraction of sp³-hybridized carbons (Fsp3) is 0.400. The Morgan fingerprint density at radius 2 is 1.86 bits per heavy atom. The van der Waals surface area contributed by atoms with E-state index < -0.39 is 41.6 Å². The fourth-order valence-corrected chi connectivity index (χ4v) is 2.94. The Hall–Kier alpha value is -3.16. The Kier molecular flexibility index (Phi) is 6.92. The minimum atomic E-state index is -1.63. The molecular formula is C20H23NO7. The quantitative estimate of drug-likeness (QED) is 0.447. The molecule has 2 rings (SSSR count). The van der Waals surface area contributed by atoms with E-state index in [1.165, 1.54) is 27.0 Å². The topological polar surface area (TPSA) is 108 Å². The molecule has 0 spiro atoms. The van der Waals surface area contributed by atoms with Crippen LogP contribution in [0.15, 0.2) is 42.5 Å². The van der Waals surface area contributed by atoms with Crippen molar-refractivity contribution in [1.82, 2.24) is 5.32 Å². The summed E-state index contributed by atoms with van der Waals surface area (Å²) in [6.07, 6.45) is 1.69. The molecular weight excluding hydrogens is 366 g/mol. The number of nitrogens with one attached hydrogen (secondary N) is 1. The van der Waals surface area contributed by atoms with Crippen LogP contribution in [0.1, 0.15) is 37.0 Å². The molecule has 0 bridgehead atoms. The van der Waals surface area contributed by atoms with Gasteiger partial charge in [-0.1, -0.05) is 24.3 Å². The zero-order valence-corrected chi connectivity index (χ0v) is 16.0. The van der Waals surface area contributed by atoms with Gasteiger partial charge in [0.2, 0.25) is 0 Å². The van der Waals surface area contributed by atoms with Crippen LogP contribution in [-0.4, -0.2) is 48.7 Å². The lowest BCUT2D eigenvalue weighted by Gasteiger charge is -2.39. The van der Waals surface area contributed by atoms with Gasteiger partial charge in [-0.2, -0.15) is 0 Å². The van der Waals surface area contributed by atoms with Crippen molar-refractivity contribution in [2.24, 2.45) is 0 Å². The van der Waals surface area contributed by atoms with Crippen LogP contribution >= 0.6 is 0 Å². The van der Waals surface area contributed by atoms with E-state index >= 15 is 0 Å². The van der Waals surface area contributed by atoms with E-state index in [2.05, 4.69) is 5.32 Å². The summed E-state index contributed by atoms with van der Waals surface area (Å²) in [5.74, 6) is -2.74. The van der Waals surface area contributed by atoms with Gasteiger partial charge in [-0.3, -0.25) is 9.59 Å². The van der Waals surface area contributed by atoms with Gasteiger partial charge in [0.25, 0.3) is 5.91 Å². The number of hydrogen-bond donors (Lipinski definition) is 1. The van der Waals surface area contributed by atoms with E-state index in [0.29, 0.717) is 12.0 Å². The minimum Gasteiger partial charge on any atom is -0.467 e. The molecule has 150 valence electrons. The summed E-state index contributed by atoms with van der Waals surface area (Å²) in [6, 6.07) is 8.28. The number of methoxy groups -OCH3 is 1. The average Bonchev–Trinajstić information content (AvgIpc) is 2.68. The zero-order chi connectivity index (χ0) is 20.7. The largest absolute Gasteiger partial charge is 0.467 e. The Morgan fingerprint density at radius 1 is 1.18 bits per heavy atom. The Labute approximate surface area is 162 Å². The number of rotatable bonds is 6. The van der Waals surface area contributed by atoms with Crippen molar-refractivity contribution in [3.8, 4) is 0 Å². The van der Waals surface area contributed by atoms with E-state index in [-0.39, 0.29) is 6.42 Å². The van der Waals surface area contributed by atoms with Gasteiger partial charge in [0.15, 0.2) is 17.7 Å². The van der Waals surface area contributed by atoms with E-state index in [1.807, 2.05) is 0 Å². The van der Waals surface area contributed by atoms with Crippen LogP contribution in [0.2, 0.25) is 0 Å². The third-order valence-electron chi connectivity index (χ3n) is 4.35. The van der Waals surface area contributed by atoms with Crippen molar-refractivity contribution in [3.63, 3.8) is 0 Å². The maximum absolute atomic E-state index is 12.6. The zero-order valence-electron chi connectivity index (χ0n) is 16.0. The van der Waals surface area contributed by atoms with Crippen molar-refractivity contribution in [1.29, 1.82) is 0 Å². The molecule has 1 amide bonds. The molecule has 8 heteroatoms. The summed E-state index contributed by atoms with van der Waals surface area (Å²) in [7, 11) is 1.18. The number of amides is 1. The number of carbonyl (C=O) groups excluding carboxylic acids is 4. The van der Waals surface area contributed by atoms with Gasteiger partial charge in [-0.05, 0) is 38.0 Å². The lowest BCUT2D eigenvalue weighted by molar-refractivity contribution is -0.160. The summed E-state index contributed by atoms with van der Waals surface area (Å²) in [5, 5.41) is 2.58. The van der Waals surface area contributed by atoms with Crippen LogP contribution in [0.5, 0.6) is 0 Å². The standard InChI is InChI=1S/C20H23NO7/c1-13(27-14(2)22)17(23)21-20(19(25)26-3)12-8-7-11-16(20)28-18(24)15-9-5-4-6-10-15/h4-7,9-11,13,16H,8,12H2,1-3H3,(H,21,23)/t13-,16+,20-/m0/s1. The summed E-state index contributed by atoms with van der Waals surface area (Å²) >= 11 is 0. The smallest absolute Gasteiger partial charge is 0.338 e. The molecule has 28 heavy (non-hydrogen) atoms. The van der Waals surface area contributed by atoms with Gasteiger partial charge in [-0.15, -0.1) is 0 Å². The molecule has 1 aromatic carbocycles. The molecule has 1 aliphatic rings. The SMILES string of the molecule is COC(=O)[C@]1(NC(=O)[C@H](C)OC(C)=O)CCC=C[C@H]1OC(=O)c1ccccc1. The van der Waals surface area contributed by atoms with Gasteiger partial charge in [-0.25, -0.2) is 9.59 Å². The Bertz CT molecular complexity index is 774. The van der Waals surface area contributed by atoms with Gasteiger partial charge in [0.1, 0.15) is 0 Å². The number of carbonyl (C=O) groups is 4. The van der Waals surface area contributed by atoms with Crippen LogP contribution in [0.3, 0.4) is 0 Å². The third kappa shape index (κ3) is 4.76. The Morgan fingerprint density at radius 3 is 2.46 bits per heavy atom. The molecule has 1 aromatic rings. The molecule has 0 unspecified atom stereocenters. The lowest BCUT2D eigenvalue weighted by atomic mass is 9.82. The molecule has 0 heterocycles. The summed E-state index contributed by atoms with van der Waals surface area (Å²) in [6.45, 7) is 2.55. The number of allylic oxidation sites excluding steroid dienone is 1. The highest BCUT2D eigenvalue weighted by Crippen LogP contribution is 2.29. The first kappa shape index (κ1) is 21.1. The summed E-state index contributed by atoms with van der Waals surface area (Å²) in [5.41, 5.74) is -1.32. The van der Waals surface area contributed by atoms with Crippen molar-refractivity contribution < 1.29 is 33.4 Å². The first-order valence-electron chi connectivity index (χ1n) is 8.80. The van der Waals surface area contributed by atoms with Crippen LogP contribution in [0, 0.1) is 0 Å². The van der Waals surface area contributed by atoms with Gasteiger partial charge in [0, 0.05) is 6.92 Å². The highest BCUT2D eigenvalue weighted by molar-refractivity contribution is 5.93. The fourth-order valence-electron chi connectivity index (χ4n) is 2.94.